The summed E-state index contributed by atoms with van der Waals surface area (Å²) in [5, 5.41) is 52.1. The molecule has 5 rings (SSSR count). The summed E-state index contributed by atoms with van der Waals surface area (Å²) >= 11 is 0. The van der Waals surface area contributed by atoms with Gasteiger partial charge in [0.05, 0.1) is 49.2 Å². The molecule has 0 saturated carbocycles. The number of methoxy groups -OCH3 is 2. The van der Waals surface area contributed by atoms with Crippen LogP contribution in [0.2, 0.25) is 0 Å². The largest absolute Gasteiger partial charge is 0.504 e. The molecule has 318 valence electrons. The smallest absolute Gasteiger partial charge is 0.416 e. The normalized spacial score (nSPS) is 11.2. The Balaban J connectivity index is 1.19. The van der Waals surface area contributed by atoms with E-state index in [9.17, 15) is 62.5 Å². The van der Waals surface area contributed by atoms with Crippen molar-refractivity contribution in [1.29, 1.82) is 5.26 Å². The molecule has 0 fully saturated rings. The first-order chi connectivity index (χ1) is 29.4. The number of nitrogens with one attached hydrogen (secondary N) is 5. The molecule has 5 aromatic carbocycles. The monoisotopic (exact) mass is 854 g/mol. The van der Waals surface area contributed by atoms with Crippen LogP contribution in [-0.4, -0.2) is 71.1 Å². The SMILES string of the molecule is COc1c(NC(=O)c2ccc(NC(=O)c3ccc(NC(=O)[C@H](CC#N)NC(=O)c4ccc(NC(=O)c5cccc(C(F)(F)F)c5)cc4)cc3)c(OC)c2O)ccc(C(=O)O)c1O. The number of rotatable bonds is 14. The lowest BCUT2D eigenvalue weighted by atomic mass is 10.1. The third kappa shape index (κ3) is 10.3. The van der Waals surface area contributed by atoms with Gasteiger partial charge in [-0.1, -0.05) is 6.07 Å². The van der Waals surface area contributed by atoms with Gasteiger partial charge in [0.25, 0.3) is 23.6 Å². The van der Waals surface area contributed by atoms with Crippen molar-refractivity contribution in [3.63, 3.8) is 0 Å². The summed E-state index contributed by atoms with van der Waals surface area (Å²) < 4.78 is 49.5. The first-order valence-corrected chi connectivity index (χ1v) is 17.8. The van der Waals surface area contributed by atoms with Crippen LogP contribution in [0.1, 0.15) is 63.8 Å². The zero-order valence-electron chi connectivity index (χ0n) is 32.2. The number of nitriles is 1. The number of phenols is 2. The van der Waals surface area contributed by atoms with Crippen molar-refractivity contribution in [3.8, 4) is 29.1 Å². The second-order valence-corrected chi connectivity index (χ2v) is 12.9. The molecule has 20 heteroatoms. The number of ether oxygens (including phenoxy) is 2. The van der Waals surface area contributed by atoms with Crippen LogP contribution in [0.5, 0.6) is 23.0 Å². The van der Waals surface area contributed by atoms with Crippen LogP contribution in [0, 0.1) is 11.3 Å². The van der Waals surface area contributed by atoms with E-state index < -0.39 is 76.8 Å². The lowest BCUT2D eigenvalue weighted by Crippen LogP contribution is -2.43. The van der Waals surface area contributed by atoms with Gasteiger partial charge in [0.1, 0.15) is 11.6 Å². The van der Waals surface area contributed by atoms with E-state index >= 15 is 0 Å². The minimum atomic E-state index is -4.64. The van der Waals surface area contributed by atoms with Gasteiger partial charge in [-0.2, -0.15) is 18.4 Å². The van der Waals surface area contributed by atoms with Gasteiger partial charge in [0.15, 0.2) is 23.0 Å². The second kappa shape index (κ2) is 19.0. The van der Waals surface area contributed by atoms with Crippen LogP contribution in [-0.2, 0) is 11.0 Å². The molecule has 0 aliphatic carbocycles. The minimum Gasteiger partial charge on any atom is -0.504 e. The summed E-state index contributed by atoms with van der Waals surface area (Å²) in [4.78, 5) is 76.2. The molecular weight excluding hydrogens is 821 g/mol. The van der Waals surface area contributed by atoms with E-state index in [4.69, 9.17) is 9.47 Å². The number of anilines is 4. The van der Waals surface area contributed by atoms with Crippen molar-refractivity contribution in [2.45, 2.75) is 18.6 Å². The Kier molecular flexibility index (Phi) is 13.6. The standard InChI is InChI=1S/C42H33F3N6O11/c1-61-34-29(16-14-27(32(34)52)39(57)50-30-17-15-28(41(59)60)33(53)35(30)62-2)49-36(54)21-8-12-26(13-9-21)48-40(58)31(18-19-46)51-37(55)22-6-10-25(11-7-22)47-38(56)23-4-3-5-24(20-23)42(43,44)45/h3-17,20,31,52-53H,18H2,1-2H3,(H,47,56)(H,48,58)(H,49,54)(H,50,57)(H,51,55)(H,59,60)/t31-/m0/s1. The Morgan fingerprint density at radius 1 is 0.645 bits per heavy atom. The van der Waals surface area contributed by atoms with E-state index in [0.29, 0.717) is 6.07 Å². The summed E-state index contributed by atoms with van der Waals surface area (Å²) in [5.41, 5.74) is -1.76. The van der Waals surface area contributed by atoms with Gasteiger partial charge in [-0.05, 0) is 91.0 Å². The zero-order chi connectivity index (χ0) is 45.3. The van der Waals surface area contributed by atoms with Crippen molar-refractivity contribution in [2.24, 2.45) is 0 Å². The number of carboxylic acids is 1. The highest BCUT2D eigenvalue weighted by molar-refractivity contribution is 6.10. The molecule has 0 heterocycles. The first-order valence-electron chi connectivity index (χ1n) is 17.8. The van der Waals surface area contributed by atoms with E-state index in [2.05, 4.69) is 26.6 Å². The molecule has 0 bridgehead atoms. The number of hydrogen-bond acceptors (Lipinski definition) is 11. The topological polar surface area (TPSA) is 266 Å². The molecule has 5 aromatic rings. The number of hydrogen-bond donors (Lipinski definition) is 8. The van der Waals surface area contributed by atoms with E-state index in [1.54, 1.807) is 0 Å². The third-order valence-corrected chi connectivity index (χ3v) is 8.83. The average Bonchev–Trinajstić information content (AvgIpc) is 3.23. The van der Waals surface area contributed by atoms with Crippen molar-refractivity contribution < 1.29 is 66.7 Å². The van der Waals surface area contributed by atoms with E-state index in [-0.39, 0.29) is 56.5 Å². The Bertz CT molecular complexity index is 2610. The Hall–Kier alpha value is -8.60. The highest BCUT2D eigenvalue weighted by Gasteiger charge is 2.31. The summed E-state index contributed by atoms with van der Waals surface area (Å²) in [6, 6.07) is 19.6. The lowest BCUT2D eigenvalue weighted by Gasteiger charge is -2.17. The molecule has 17 nitrogen and oxygen atoms in total. The quantitative estimate of drug-likeness (QED) is 0.0617. The van der Waals surface area contributed by atoms with Crippen LogP contribution >= 0.6 is 0 Å². The predicted octanol–water partition coefficient (Wildman–Crippen LogP) is 6.24. The van der Waals surface area contributed by atoms with Gasteiger partial charge in [0.2, 0.25) is 5.91 Å². The molecule has 5 amide bonds. The van der Waals surface area contributed by atoms with Crippen LogP contribution in [0.4, 0.5) is 35.9 Å². The van der Waals surface area contributed by atoms with E-state index in [0.717, 1.165) is 25.3 Å². The number of aromatic carboxylic acids is 1. The van der Waals surface area contributed by atoms with Crippen LogP contribution in [0.25, 0.3) is 0 Å². The minimum absolute atomic E-state index is 0.0302. The number of amides is 5. The molecular formula is C42H33F3N6O11. The number of aromatic hydroxyl groups is 2. The number of benzene rings is 5. The van der Waals surface area contributed by atoms with E-state index in [1.165, 1.54) is 79.9 Å². The van der Waals surface area contributed by atoms with Crippen LogP contribution in [0.15, 0.2) is 97.1 Å². The van der Waals surface area contributed by atoms with Gasteiger partial charge in [-0.3, -0.25) is 24.0 Å². The molecule has 0 spiro atoms. The number of carbonyl (C=O) groups excluding carboxylic acids is 5. The summed E-state index contributed by atoms with van der Waals surface area (Å²) in [7, 11) is 2.32. The third-order valence-electron chi connectivity index (χ3n) is 8.83. The molecule has 0 aliphatic heterocycles. The fraction of sp³-hybridized carbons (Fsp3) is 0.119. The van der Waals surface area contributed by atoms with Crippen molar-refractivity contribution in [2.75, 3.05) is 35.5 Å². The summed E-state index contributed by atoms with van der Waals surface area (Å²) in [6.07, 6.45) is -5.08. The molecule has 0 aliphatic rings. The molecule has 0 unspecified atom stereocenters. The molecule has 0 aromatic heterocycles. The number of carboxylic acid groups (broad SMARTS) is 1. The fourth-order valence-corrected chi connectivity index (χ4v) is 5.71. The van der Waals surface area contributed by atoms with Gasteiger partial charge < -0.3 is 51.4 Å². The van der Waals surface area contributed by atoms with Gasteiger partial charge in [0, 0.05) is 28.1 Å². The highest BCUT2D eigenvalue weighted by Crippen LogP contribution is 2.40. The fourth-order valence-electron chi connectivity index (χ4n) is 5.71. The molecule has 8 N–H and O–H groups in total. The maximum atomic E-state index is 13.2. The van der Waals surface area contributed by atoms with Gasteiger partial charge >= 0.3 is 12.1 Å². The first kappa shape index (κ1) is 44.5. The van der Waals surface area contributed by atoms with Gasteiger partial charge in [-0.15, -0.1) is 0 Å². The van der Waals surface area contributed by atoms with E-state index in [1.807, 2.05) is 6.07 Å². The number of nitrogens with zero attached hydrogens (tertiary/aromatic N) is 1. The summed E-state index contributed by atoms with van der Waals surface area (Å²) in [6.45, 7) is 0. The molecule has 62 heavy (non-hydrogen) atoms. The highest BCUT2D eigenvalue weighted by atomic mass is 19.4. The van der Waals surface area contributed by atoms with Crippen molar-refractivity contribution in [3.05, 3.63) is 130 Å². The Morgan fingerprint density at radius 3 is 1.68 bits per heavy atom. The second-order valence-electron chi connectivity index (χ2n) is 12.9. The van der Waals surface area contributed by atoms with Crippen LogP contribution < -0.4 is 36.1 Å². The number of carbonyl (C=O) groups is 6. The number of phenolic OH excluding ortho intramolecular Hbond substituents is 1. The number of halogens is 3. The van der Waals surface area contributed by atoms with Crippen molar-refractivity contribution in [1.82, 2.24) is 5.32 Å². The van der Waals surface area contributed by atoms with Crippen LogP contribution in [0.3, 0.4) is 0 Å². The zero-order valence-corrected chi connectivity index (χ0v) is 32.2. The average molecular weight is 855 g/mol. The summed E-state index contributed by atoms with van der Waals surface area (Å²) in [5.74, 6) is -7.47. The molecule has 0 saturated heterocycles. The Labute approximate surface area is 348 Å². The lowest BCUT2D eigenvalue weighted by molar-refractivity contribution is -0.137. The number of alkyl halides is 3. The maximum Gasteiger partial charge on any atom is 0.416 e. The molecule has 0 radical (unpaired) electrons. The molecule has 1 atom stereocenters. The van der Waals surface area contributed by atoms with Gasteiger partial charge in [-0.25, -0.2) is 4.79 Å². The Morgan fingerprint density at radius 2 is 1.15 bits per heavy atom. The predicted molar refractivity (Wildman–Crippen MR) is 215 cm³/mol. The van der Waals surface area contributed by atoms with Crippen molar-refractivity contribution >= 4 is 58.3 Å². The maximum absolute atomic E-state index is 13.2.